The molecule has 0 saturated carbocycles. The summed E-state index contributed by atoms with van der Waals surface area (Å²) in [7, 11) is 3.38. The summed E-state index contributed by atoms with van der Waals surface area (Å²) < 4.78 is 10.7. The standard InChI is InChI=1S/C14H21ClN2O2/c1-18-10-11-7-12(15)8-14(19-2)13(11)9-17-5-3-16-4-6-17/h7-8,16H,3-6,9-10H2,1-2H3. The molecule has 4 nitrogen and oxygen atoms in total. The van der Waals surface area contributed by atoms with Crippen LogP contribution in [0.3, 0.4) is 0 Å². The average Bonchev–Trinajstić information content (AvgIpc) is 2.43. The molecule has 1 aromatic carbocycles. The van der Waals surface area contributed by atoms with Gasteiger partial charge in [0.2, 0.25) is 0 Å². The molecule has 0 spiro atoms. The van der Waals surface area contributed by atoms with Crippen LogP contribution >= 0.6 is 11.6 Å². The molecule has 0 aromatic heterocycles. The number of rotatable bonds is 5. The molecule has 5 heteroatoms. The van der Waals surface area contributed by atoms with Crippen LogP contribution in [0.2, 0.25) is 5.02 Å². The van der Waals surface area contributed by atoms with Gasteiger partial charge in [-0.3, -0.25) is 4.90 Å². The highest BCUT2D eigenvalue weighted by atomic mass is 35.5. The minimum atomic E-state index is 0.554. The van der Waals surface area contributed by atoms with E-state index in [1.54, 1.807) is 14.2 Å². The average molecular weight is 285 g/mol. The molecule has 1 aliphatic rings. The maximum absolute atomic E-state index is 6.12. The van der Waals surface area contributed by atoms with E-state index in [-0.39, 0.29) is 0 Å². The third-order valence-corrected chi connectivity index (χ3v) is 3.60. The first-order chi connectivity index (χ1) is 9.24. The number of methoxy groups -OCH3 is 2. The number of piperazine rings is 1. The van der Waals surface area contributed by atoms with Crippen LogP contribution in [-0.2, 0) is 17.9 Å². The van der Waals surface area contributed by atoms with Crippen LogP contribution in [-0.4, -0.2) is 45.3 Å². The van der Waals surface area contributed by atoms with Crippen LogP contribution < -0.4 is 10.1 Å². The second kappa shape index (κ2) is 7.10. The van der Waals surface area contributed by atoms with Crippen molar-refractivity contribution in [1.82, 2.24) is 10.2 Å². The van der Waals surface area contributed by atoms with Crippen molar-refractivity contribution in [1.29, 1.82) is 0 Å². The third-order valence-electron chi connectivity index (χ3n) is 3.38. The summed E-state index contributed by atoms with van der Waals surface area (Å²) in [5.74, 6) is 0.845. The lowest BCUT2D eigenvalue weighted by molar-refractivity contribution is 0.180. The van der Waals surface area contributed by atoms with Crippen LogP contribution in [0.1, 0.15) is 11.1 Å². The van der Waals surface area contributed by atoms with E-state index in [9.17, 15) is 0 Å². The van der Waals surface area contributed by atoms with Crippen molar-refractivity contribution in [3.8, 4) is 5.75 Å². The molecular formula is C14H21ClN2O2. The molecule has 0 amide bonds. The lowest BCUT2D eigenvalue weighted by atomic mass is 10.1. The van der Waals surface area contributed by atoms with Crippen LogP contribution in [0.25, 0.3) is 0 Å². The Morgan fingerprint density at radius 2 is 2.00 bits per heavy atom. The summed E-state index contributed by atoms with van der Waals surface area (Å²) in [4.78, 5) is 2.42. The normalized spacial score (nSPS) is 16.6. The highest BCUT2D eigenvalue weighted by molar-refractivity contribution is 6.30. The van der Waals surface area contributed by atoms with E-state index in [2.05, 4.69) is 10.2 Å². The van der Waals surface area contributed by atoms with Gasteiger partial charge in [0, 0.05) is 50.4 Å². The Hall–Kier alpha value is -0.810. The molecule has 1 heterocycles. The maximum atomic E-state index is 6.12. The van der Waals surface area contributed by atoms with Gasteiger partial charge in [-0.1, -0.05) is 11.6 Å². The van der Waals surface area contributed by atoms with Crippen molar-refractivity contribution in [2.45, 2.75) is 13.2 Å². The van der Waals surface area contributed by atoms with Crippen molar-refractivity contribution in [2.24, 2.45) is 0 Å². The van der Waals surface area contributed by atoms with Crippen LogP contribution in [0.4, 0.5) is 0 Å². The molecule has 2 rings (SSSR count). The quantitative estimate of drug-likeness (QED) is 0.895. The van der Waals surface area contributed by atoms with Gasteiger partial charge in [0.1, 0.15) is 5.75 Å². The van der Waals surface area contributed by atoms with Gasteiger partial charge < -0.3 is 14.8 Å². The van der Waals surface area contributed by atoms with Gasteiger partial charge in [0.05, 0.1) is 13.7 Å². The first-order valence-electron chi connectivity index (χ1n) is 6.52. The van der Waals surface area contributed by atoms with E-state index in [0.29, 0.717) is 11.6 Å². The van der Waals surface area contributed by atoms with Gasteiger partial charge in [0.25, 0.3) is 0 Å². The first-order valence-corrected chi connectivity index (χ1v) is 6.89. The Kier molecular flexibility index (Phi) is 5.45. The summed E-state index contributed by atoms with van der Waals surface area (Å²) in [5, 5.41) is 4.05. The molecule has 1 saturated heterocycles. The molecule has 0 atom stereocenters. The summed E-state index contributed by atoms with van der Waals surface area (Å²) in [6, 6.07) is 3.84. The van der Waals surface area contributed by atoms with Gasteiger partial charge in [-0.25, -0.2) is 0 Å². The lowest BCUT2D eigenvalue weighted by Gasteiger charge is -2.28. The van der Waals surface area contributed by atoms with Gasteiger partial charge in [0.15, 0.2) is 0 Å². The Bertz CT molecular complexity index is 420. The minimum absolute atomic E-state index is 0.554. The third kappa shape index (κ3) is 3.83. The second-order valence-electron chi connectivity index (χ2n) is 4.70. The van der Waals surface area contributed by atoms with E-state index < -0.39 is 0 Å². The first kappa shape index (κ1) is 14.6. The Morgan fingerprint density at radius 1 is 1.26 bits per heavy atom. The fourth-order valence-electron chi connectivity index (χ4n) is 2.40. The number of nitrogens with one attached hydrogen (secondary N) is 1. The number of benzene rings is 1. The summed E-state index contributed by atoms with van der Waals surface area (Å²) in [5.41, 5.74) is 2.28. The molecule has 0 unspecified atom stereocenters. The molecular weight excluding hydrogens is 264 g/mol. The van der Waals surface area contributed by atoms with Crippen molar-refractivity contribution in [2.75, 3.05) is 40.4 Å². The van der Waals surface area contributed by atoms with Gasteiger partial charge in [-0.2, -0.15) is 0 Å². The van der Waals surface area contributed by atoms with E-state index in [1.807, 2.05) is 12.1 Å². The van der Waals surface area contributed by atoms with Crippen molar-refractivity contribution < 1.29 is 9.47 Å². The fraction of sp³-hybridized carbons (Fsp3) is 0.571. The summed E-state index contributed by atoms with van der Waals surface area (Å²) in [6.45, 7) is 5.61. The number of nitrogens with zero attached hydrogens (tertiary/aromatic N) is 1. The molecule has 1 fully saturated rings. The smallest absolute Gasteiger partial charge is 0.125 e. The highest BCUT2D eigenvalue weighted by Crippen LogP contribution is 2.29. The zero-order valence-corrected chi connectivity index (χ0v) is 12.3. The fourth-order valence-corrected chi connectivity index (χ4v) is 2.64. The molecule has 1 aromatic rings. The van der Waals surface area contributed by atoms with Crippen LogP contribution in [0.5, 0.6) is 5.75 Å². The highest BCUT2D eigenvalue weighted by Gasteiger charge is 2.16. The van der Waals surface area contributed by atoms with Crippen molar-refractivity contribution in [3.63, 3.8) is 0 Å². The predicted molar refractivity (Wildman–Crippen MR) is 76.9 cm³/mol. The van der Waals surface area contributed by atoms with Crippen LogP contribution in [0.15, 0.2) is 12.1 Å². The Morgan fingerprint density at radius 3 is 2.63 bits per heavy atom. The van der Waals surface area contributed by atoms with Gasteiger partial charge in [-0.15, -0.1) is 0 Å². The maximum Gasteiger partial charge on any atom is 0.125 e. The van der Waals surface area contributed by atoms with Gasteiger partial charge >= 0.3 is 0 Å². The minimum Gasteiger partial charge on any atom is -0.496 e. The molecule has 19 heavy (non-hydrogen) atoms. The largest absolute Gasteiger partial charge is 0.496 e. The zero-order chi connectivity index (χ0) is 13.7. The number of halogens is 1. The molecule has 1 N–H and O–H groups in total. The molecule has 1 aliphatic heterocycles. The number of hydrogen-bond donors (Lipinski definition) is 1. The van der Waals surface area contributed by atoms with Crippen LogP contribution in [0, 0.1) is 0 Å². The zero-order valence-electron chi connectivity index (χ0n) is 11.5. The number of ether oxygens (including phenoxy) is 2. The van der Waals surface area contributed by atoms with E-state index >= 15 is 0 Å². The SMILES string of the molecule is COCc1cc(Cl)cc(OC)c1CN1CCNCC1. The summed E-state index contributed by atoms with van der Waals surface area (Å²) in [6.07, 6.45) is 0. The van der Waals surface area contributed by atoms with Crippen molar-refractivity contribution in [3.05, 3.63) is 28.3 Å². The monoisotopic (exact) mass is 284 g/mol. The Balaban J connectivity index is 2.24. The molecule has 0 radical (unpaired) electrons. The van der Waals surface area contributed by atoms with E-state index in [4.69, 9.17) is 21.1 Å². The molecule has 0 bridgehead atoms. The van der Waals surface area contributed by atoms with E-state index in [0.717, 1.165) is 44.0 Å². The second-order valence-corrected chi connectivity index (χ2v) is 5.14. The number of hydrogen-bond acceptors (Lipinski definition) is 4. The van der Waals surface area contributed by atoms with E-state index in [1.165, 1.54) is 5.56 Å². The van der Waals surface area contributed by atoms with Gasteiger partial charge in [-0.05, 0) is 17.7 Å². The summed E-state index contributed by atoms with van der Waals surface area (Å²) >= 11 is 6.12. The molecule has 106 valence electrons. The molecule has 0 aliphatic carbocycles. The predicted octanol–water partition coefficient (Wildman–Crippen LogP) is 1.90. The lowest BCUT2D eigenvalue weighted by Crippen LogP contribution is -2.43. The Labute approximate surface area is 119 Å². The topological polar surface area (TPSA) is 33.7 Å². The van der Waals surface area contributed by atoms with Crippen molar-refractivity contribution >= 4 is 11.6 Å².